The molecule has 0 radical (unpaired) electrons. The Bertz CT molecular complexity index is 465. The van der Waals surface area contributed by atoms with Crippen LogP contribution in [0.25, 0.3) is 0 Å². The van der Waals surface area contributed by atoms with Crippen LogP contribution >= 0.6 is 0 Å². The van der Waals surface area contributed by atoms with Crippen molar-refractivity contribution in [3.63, 3.8) is 0 Å². The molecule has 118 valence electrons. The maximum atomic E-state index is 12.3. The maximum Gasteiger partial charge on any atom is 0.321 e. The van der Waals surface area contributed by atoms with Crippen LogP contribution in [0.3, 0.4) is 0 Å². The molecule has 1 aliphatic heterocycles. The summed E-state index contributed by atoms with van der Waals surface area (Å²) in [6.07, 6.45) is 1.13. The van der Waals surface area contributed by atoms with Gasteiger partial charge in [0.1, 0.15) is 5.41 Å². The highest BCUT2D eigenvalue weighted by Crippen LogP contribution is 2.33. The molecule has 21 heavy (non-hydrogen) atoms. The molecule has 0 aliphatic carbocycles. The van der Waals surface area contributed by atoms with E-state index >= 15 is 0 Å². The molecule has 1 aliphatic rings. The number of nitrogens with zero attached hydrogens (tertiary/aromatic N) is 3. The summed E-state index contributed by atoms with van der Waals surface area (Å²) in [4.78, 5) is 18.8. The van der Waals surface area contributed by atoms with Gasteiger partial charge in [-0.1, -0.05) is 13.8 Å². The van der Waals surface area contributed by atoms with Crippen LogP contribution in [0.5, 0.6) is 0 Å². The summed E-state index contributed by atoms with van der Waals surface area (Å²) in [5.74, 6) is 0.559. The summed E-state index contributed by atoms with van der Waals surface area (Å²) >= 11 is 0. The van der Waals surface area contributed by atoms with E-state index in [0.29, 0.717) is 44.5 Å². The molecule has 0 saturated carbocycles. The minimum atomic E-state index is -0.854. The molecule has 2 rings (SSSR count). The van der Waals surface area contributed by atoms with Crippen molar-refractivity contribution in [2.45, 2.75) is 39.0 Å². The number of aromatic nitrogens is 2. The zero-order chi connectivity index (χ0) is 15.3. The average Bonchev–Trinajstić information content (AvgIpc) is 3.01. The largest absolute Gasteiger partial charge is 0.465 e. The van der Waals surface area contributed by atoms with Crippen LogP contribution < -0.4 is 4.90 Å². The molecule has 1 saturated heterocycles. The van der Waals surface area contributed by atoms with Gasteiger partial charge in [0, 0.05) is 13.1 Å². The van der Waals surface area contributed by atoms with E-state index in [1.165, 1.54) is 0 Å². The van der Waals surface area contributed by atoms with Crippen molar-refractivity contribution in [3.8, 4) is 0 Å². The maximum absolute atomic E-state index is 12.3. The lowest BCUT2D eigenvalue weighted by molar-refractivity contribution is -0.151. The van der Waals surface area contributed by atoms with E-state index in [1.807, 2.05) is 18.7 Å². The number of anilines is 1. The molecule has 7 heteroatoms. The van der Waals surface area contributed by atoms with E-state index in [2.05, 4.69) is 10.1 Å². The lowest BCUT2D eigenvalue weighted by Crippen LogP contribution is -2.38. The predicted molar refractivity (Wildman–Crippen MR) is 76.2 cm³/mol. The van der Waals surface area contributed by atoms with Crippen molar-refractivity contribution < 1.29 is 18.8 Å². The number of carbonyl (C=O) groups excluding carboxylic acids is 1. The van der Waals surface area contributed by atoms with Crippen LogP contribution in [-0.4, -0.2) is 49.0 Å². The fraction of sp³-hybridized carbons (Fsp3) is 0.786. The number of hydrogen-bond donors (Lipinski definition) is 0. The Kier molecular flexibility index (Phi) is 5.17. The number of morpholine rings is 1. The SMILES string of the molecule is CCOC(=O)C(CC)(CC)c1nc(N2CCOCC2)no1. The van der Waals surface area contributed by atoms with Gasteiger partial charge in [0.25, 0.3) is 5.95 Å². The zero-order valence-corrected chi connectivity index (χ0v) is 12.9. The zero-order valence-electron chi connectivity index (χ0n) is 12.9. The lowest BCUT2D eigenvalue weighted by atomic mass is 9.82. The van der Waals surface area contributed by atoms with Gasteiger partial charge in [-0.3, -0.25) is 4.79 Å². The van der Waals surface area contributed by atoms with Gasteiger partial charge in [0.2, 0.25) is 5.89 Å². The van der Waals surface area contributed by atoms with E-state index in [4.69, 9.17) is 14.0 Å². The molecule has 0 N–H and O–H groups in total. The number of hydrogen-bond acceptors (Lipinski definition) is 7. The molecule has 0 amide bonds. The number of rotatable bonds is 6. The number of carbonyl (C=O) groups is 1. The van der Waals surface area contributed by atoms with E-state index in [-0.39, 0.29) is 5.97 Å². The van der Waals surface area contributed by atoms with Crippen molar-refractivity contribution in [1.82, 2.24) is 10.1 Å². The summed E-state index contributed by atoms with van der Waals surface area (Å²) in [6, 6.07) is 0. The van der Waals surface area contributed by atoms with Gasteiger partial charge in [-0.15, -0.1) is 0 Å². The Balaban J connectivity index is 2.24. The normalized spacial score (nSPS) is 16.0. The second-order valence-electron chi connectivity index (χ2n) is 5.01. The first-order chi connectivity index (χ1) is 10.2. The monoisotopic (exact) mass is 297 g/mol. The van der Waals surface area contributed by atoms with E-state index in [1.54, 1.807) is 6.92 Å². The Morgan fingerprint density at radius 1 is 1.29 bits per heavy atom. The summed E-state index contributed by atoms with van der Waals surface area (Å²) in [7, 11) is 0. The van der Waals surface area contributed by atoms with Crippen LogP contribution in [0, 0.1) is 0 Å². The summed E-state index contributed by atoms with van der Waals surface area (Å²) in [6.45, 7) is 8.74. The quantitative estimate of drug-likeness (QED) is 0.737. The van der Waals surface area contributed by atoms with Crippen molar-refractivity contribution in [2.24, 2.45) is 0 Å². The molecular weight excluding hydrogens is 274 g/mol. The van der Waals surface area contributed by atoms with Crippen LogP contribution in [0.4, 0.5) is 5.95 Å². The molecule has 0 aromatic carbocycles. The van der Waals surface area contributed by atoms with Crippen molar-refractivity contribution in [3.05, 3.63) is 5.89 Å². The first-order valence-corrected chi connectivity index (χ1v) is 7.52. The highest BCUT2D eigenvalue weighted by Gasteiger charge is 2.44. The third-order valence-electron chi connectivity index (χ3n) is 3.99. The van der Waals surface area contributed by atoms with E-state index in [9.17, 15) is 4.79 Å². The predicted octanol–water partition coefficient (Wildman–Crippen LogP) is 1.53. The second-order valence-corrected chi connectivity index (χ2v) is 5.01. The van der Waals surface area contributed by atoms with Crippen molar-refractivity contribution in [2.75, 3.05) is 37.8 Å². The number of esters is 1. The highest BCUT2D eigenvalue weighted by molar-refractivity contribution is 5.81. The third kappa shape index (κ3) is 3.02. The average molecular weight is 297 g/mol. The Labute approximate surface area is 124 Å². The van der Waals surface area contributed by atoms with Gasteiger partial charge in [-0.2, -0.15) is 4.98 Å². The Morgan fingerprint density at radius 2 is 1.95 bits per heavy atom. The molecule has 7 nitrogen and oxygen atoms in total. The third-order valence-corrected chi connectivity index (χ3v) is 3.99. The lowest BCUT2D eigenvalue weighted by Gasteiger charge is -2.26. The van der Waals surface area contributed by atoms with E-state index < -0.39 is 5.41 Å². The summed E-state index contributed by atoms with van der Waals surface area (Å²) in [5.41, 5.74) is -0.854. The minimum Gasteiger partial charge on any atom is -0.465 e. The molecule has 1 aromatic heterocycles. The van der Waals surface area contributed by atoms with Crippen LogP contribution in [0.15, 0.2) is 4.52 Å². The fourth-order valence-electron chi connectivity index (χ4n) is 2.50. The van der Waals surface area contributed by atoms with Crippen LogP contribution in [0.2, 0.25) is 0 Å². The molecule has 2 heterocycles. The molecule has 0 spiro atoms. The summed E-state index contributed by atoms with van der Waals surface area (Å²) in [5, 5.41) is 4.02. The Hall–Kier alpha value is -1.63. The first-order valence-electron chi connectivity index (χ1n) is 7.52. The molecule has 0 atom stereocenters. The van der Waals surface area contributed by atoms with Gasteiger partial charge in [-0.05, 0) is 24.9 Å². The molecule has 1 aromatic rings. The fourth-order valence-corrected chi connectivity index (χ4v) is 2.50. The van der Waals surface area contributed by atoms with Crippen molar-refractivity contribution >= 4 is 11.9 Å². The standard InChI is InChI=1S/C14H23N3O4/c1-4-14(5-2,12(18)20-6-3)11-15-13(16-21-11)17-7-9-19-10-8-17/h4-10H2,1-3H3. The topological polar surface area (TPSA) is 77.7 Å². The molecule has 0 bridgehead atoms. The smallest absolute Gasteiger partial charge is 0.321 e. The molecular formula is C14H23N3O4. The first kappa shape index (κ1) is 15.8. The van der Waals surface area contributed by atoms with Gasteiger partial charge < -0.3 is 18.9 Å². The van der Waals surface area contributed by atoms with Crippen molar-refractivity contribution in [1.29, 1.82) is 0 Å². The van der Waals surface area contributed by atoms with Gasteiger partial charge in [0.05, 0.1) is 19.8 Å². The highest BCUT2D eigenvalue weighted by atomic mass is 16.5. The second kappa shape index (κ2) is 6.89. The Morgan fingerprint density at radius 3 is 2.52 bits per heavy atom. The number of ether oxygens (including phenoxy) is 2. The molecule has 1 fully saturated rings. The van der Waals surface area contributed by atoms with Crippen LogP contribution in [0.1, 0.15) is 39.5 Å². The van der Waals surface area contributed by atoms with Gasteiger partial charge in [-0.25, -0.2) is 0 Å². The van der Waals surface area contributed by atoms with Gasteiger partial charge in [0.15, 0.2) is 0 Å². The minimum absolute atomic E-state index is 0.299. The van der Waals surface area contributed by atoms with Crippen LogP contribution in [-0.2, 0) is 19.7 Å². The van der Waals surface area contributed by atoms with E-state index in [0.717, 1.165) is 13.1 Å². The molecule has 0 unspecified atom stereocenters. The van der Waals surface area contributed by atoms with Gasteiger partial charge >= 0.3 is 5.97 Å². The summed E-state index contributed by atoms with van der Waals surface area (Å²) < 4.78 is 15.9.